The molecule has 0 radical (unpaired) electrons. The number of benzene rings is 1. The van der Waals surface area contributed by atoms with Gasteiger partial charge in [-0.25, -0.2) is 9.97 Å². The molecule has 164 valence electrons. The maximum absolute atomic E-state index is 13.0. The number of fused-ring (bicyclic) bond motifs is 3. The highest BCUT2D eigenvalue weighted by atomic mass is 32.1. The van der Waals surface area contributed by atoms with Gasteiger partial charge in [0.2, 0.25) is 5.88 Å². The van der Waals surface area contributed by atoms with E-state index in [0.717, 1.165) is 29.7 Å². The molecule has 0 bridgehead atoms. The number of ether oxygens (including phenoxy) is 1. The van der Waals surface area contributed by atoms with Crippen LogP contribution in [0.25, 0.3) is 10.2 Å². The fourth-order valence-corrected chi connectivity index (χ4v) is 4.59. The van der Waals surface area contributed by atoms with Crippen LogP contribution in [0.4, 0.5) is 32.0 Å². The highest BCUT2D eigenvalue weighted by molar-refractivity contribution is 7.18. The molecule has 1 aliphatic rings. The van der Waals surface area contributed by atoms with Gasteiger partial charge in [0.25, 0.3) is 5.91 Å². The van der Waals surface area contributed by atoms with Crippen LogP contribution in [-0.4, -0.2) is 22.5 Å². The Morgan fingerprint density at radius 3 is 2.35 bits per heavy atom. The number of nitrogens with one attached hydrogen (secondary N) is 1. The Kier molecular flexibility index (Phi) is 5.28. The predicted octanol–water partition coefficient (Wildman–Crippen LogP) is 5.24. The summed E-state index contributed by atoms with van der Waals surface area (Å²) in [6.07, 6.45) is -6.05. The number of nitrogens with zero attached hydrogens (tertiary/aromatic N) is 2. The van der Waals surface area contributed by atoms with Gasteiger partial charge in [-0.15, -0.1) is 11.3 Å². The fraction of sp³-hybridized carbons (Fsp3) is 0.316. The van der Waals surface area contributed by atoms with Crippen LogP contribution in [0.5, 0.6) is 5.88 Å². The lowest BCUT2D eigenvalue weighted by Gasteiger charge is -2.15. The first-order valence-corrected chi connectivity index (χ1v) is 9.81. The Labute approximate surface area is 175 Å². The highest BCUT2D eigenvalue weighted by Crippen LogP contribution is 2.40. The van der Waals surface area contributed by atoms with Gasteiger partial charge in [-0.05, 0) is 43.0 Å². The van der Waals surface area contributed by atoms with E-state index >= 15 is 0 Å². The summed E-state index contributed by atoms with van der Waals surface area (Å²) in [5.41, 5.74) is -2.64. The van der Waals surface area contributed by atoms with Gasteiger partial charge < -0.3 is 10.1 Å². The van der Waals surface area contributed by atoms with E-state index in [1.807, 2.05) is 5.32 Å². The summed E-state index contributed by atoms with van der Waals surface area (Å²) in [7, 11) is 0. The van der Waals surface area contributed by atoms with E-state index < -0.39 is 41.7 Å². The lowest BCUT2D eigenvalue weighted by Crippen LogP contribution is -2.21. The molecule has 0 saturated heterocycles. The monoisotopic (exact) mass is 461 g/mol. The van der Waals surface area contributed by atoms with E-state index in [-0.39, 0.29) is 11.9 Å². The summed E-state index contributed by atoms with van der Waals surface area (Å²) in [5.74, 6) is -0.773. The molecule has 0 spiro atoms. The van der Waals surface area contributed by atoms with Crippen molar-refractivity contribution in [1.82, 2.24) is 9.97 Å². The van der Waals surface area contributed by atoms with Crippen LogP contribution in [0.3, 0.4) is 0 Å². The number of thiophene rings is 1. The molecular formula is C19H13F6N3O2S. The van der Waals surface area contributed by atoms with Gasteiger partial charge in [0, 0.05) is 10.6 Å². The molecule has 0 aliphatic heterocycles. The minimum absolute atomic E-state index is 0.0130. The van der Waals surface area contributed by atoms with Crippen molar-refractivity contribution in [1.29, 1.82) is 0 Å². The van der Waals surface area contributed by atoms with Crippen molar-refractivity contribution in [2.24, 2.45) is 0 Å². The number of carbonyl (C=O) groups excluding carboxylic acids is 1. The molecule has 4 rings (SSSR count). The van der Waals surface area contributed by atoms with Gasteiger partial charge in [0.1, 0.15) is 11.2 Å². The number of anilines is 1. The van der Waals surface area contributed by atoms with Gasteiger partial charge in [-0.1, -0.05) is 0 Å². The molecule has 5 nitrogen and oxygen atoms in total. The Morgan fingerprint density at radius 1 is 1.03 bits per heavy atom. The molecule has 0 fully saturated rings. The summed E-state index contributed by atoms with van der Waals surface area (Å²) in [4.78, 5) is 22.2. The Hall–Kier alpha value is -2.89. The van der Waals surface area contributed by atoms with Crippen molar-refractivity contribution in [3.05, 3.63) is 46.1 Å². The molecule has 0 saturated carbocycles. The second kappa shape index (κ2) is 7.66. The molecule has 1 aliphatic carbocycles. The van der Waals surface area contributed by atoms with Crippen molar-refractivity contribution in [2.75, 3.05) is 11.9 Å². The lowest BCUT2D eigenvalue weighted by atomic mass is 10.1. The average Bonchev–Trinajstić information content (AvgIpc) is 3.25. The predicted molar refractivity (Wildman–Crippen MR) is 100 cm³/mol. The van der Waals surface area contributed by atoms with E-state index in [4.69, 9.17) is 4.74 Å². The minimum Gasteiger partial charge on any atom is -0.467 e. The number of hydrogen-bond donors (Lipinski definition) is 1. The van der Waals surface area contributed by atoms with Crippen LogP contribution in [0.2, 0.25) is 0 Å². The zero-order valence-corrected chi connectivity index (χ0v) is 16.3. The average molecular weight is 461 g/mol. The van der Waals surface area contributed by atoms with Gasteiger partial charge in [0.15, 0.2) is 6.61 Å². The van der Waals surface area contributed by atoms with Crippen LogP contribution >= 0.6 is 11.3 Å². The molecule has 3 aromatic rings. The van der Waals surface area contributed by atoms with Gasteiger partial charge in [-0.2, -0.15) is 26.3 Å². The summed E-state index contributed by atoms with van der Waals surface area (Å²) in [6.45, 7) is -0.645. The van der Waals surface area contributed by atoms with Crippen LogP contribution < -0.4 is 10.1 Å². The topological polar surface area (TPSA) is 64.1 Å². The summed E-state index contributed by atoms with van der Waals surface area (Å²) in [5, 5.41) is 2.71. The third-order valence-corrected chi connectivity index (χ3v) is 5.88. The second-order valence-corrected chi connectivity index (χ2v) is 7.93. The lowest BCUT2D eigenvalue weighted by molar-refractivity contribution is -0.143. The van der Waals surface area contributed by atoms with Gasteiger partial charge >= 0.3 is 12.4 Å². The Bertz CT molecular complexity index is 1120. The SMILES string of the molecule is O=C(COc1ncnc2sc3c(c12)CCC3)Nc1cc(C(F)(F)F)cc(C(F)(F)F)c1. The molecule has 31 heavy (non-hydrogen) atoms. The van der Waals surface area contributed by atoms with E-state index in [1.54, 1.807) is 0 Å². The van der Waals surface area contributed by atoms with Gasteiger partial charge in [-0.3, -0.25) is 4.79 Å². The zero-order valence-electron chi connectivity index (χ0n) is 15.5. The Balaban J connectivity index is 1.53. The number of hydrogen-bond acceptors (Lipinski definition) is 5. The number of rotatable bonds is 4. The molecule has 1 aromatic carbocycles. The maximum atomic E-state index is 13.0. The molecule has 2 aromatic heterocycles. The van der Waals surface area contributed by atoms with E-state index in [2.05, 4.69) is 9.97 Å². The van der Waals surface area contributed by atoms with Crippen LogP contribution in [0.1, 0.15) is 28.0 Å². The quantitative estimate of drug-likeness (QED) is 0.540. The second-order valence-electron chi connectivity index (χ2n) is 6.85. The number of aromatic nitrogens is 2. The first-order chi connectivity index (χ1) is 14.5. The summed E-state index contributed by atoms with van der Waals surface area (Å²) >= 11 is 1.50. The fourth-order valence-electron chi connectivity index (χ4n) is 3.37. The zero-order chi connectivity index (χ0) is 22.4. The summed E-state index contributed by atoms with van der Waals surface area (Å²) < 4.78 is 83.1. The van der Waals surface area contributed by atoms with Crippen molar-refractivity contribution in [3.8, 4) is 5.88 Å². The molecule has 12 heteroatoms. The molecule has 0 atom stereocenters. The molecule has 1 N–H and O–H groups in total. The first kappa shape index (κ1) is 21.3. The number of alkyl halides is 6. The molecule has 2 heterocycles. The largest absolute Gasteiger partial charge is 0.467 e. The maximum Gasteiger partial charge on any atom is 0.416 e. The smallest absolute Gasteiger partial charge is 0.416 e. The van der Waals surface area contributed by atoms with Crippen molar-refractivity contribution in [2.45, 2.75) is 31.6 Å². The molecule has 1 amide bonds. The van der Waals surface area contributed by atoms with E-state index in [9.17, 15) is 31.1 Å². The molecular weight excluding hydrogens is 448 g/mol. The van der Waals surface area contributed by atoms with Crippen molar-refractivity contribution >= 4 is 33.1 Å². The number of amides is 1. The van der Waals surface area contributed by atoms with Crippen LogP contribution in [0.15, 0.2) is 24.5 Å². The van der Waals surface area contributed by atoms with E-state index in [0.29, 0.717) is 22.3 Å². The highest BCUT2D eigenvalue weighted by Gasteiger charge is 2.37. The third-order valence-electron chi connectivity index (χ3n) is 4.68. The van der Waals surface area contributed by atoms with Crippen molar-refractivity contribution < 1.29 is 35.9 Å². The number of aryl methyl sites for hydroxylation is 2. The van der Waals surface area contributed by atoms with Crippen molar-refractivity contribution in [3.63, 3.8) is 0 Å². The van der Waals surface area contributed by atoms with Crippen LogP contribution in [-0.2, 0) is 30.0 Å². The Morgan fingerprint density at radius 2 is 1.71 bits per heavy atom. The normalized spacial score (nSPS) is 14.0. The van der Waals surface area contributed by atoms with Gasteiger partial charge in [0.05, 0.1) is 16.5 Å². The summed E-state index contributed by atoms with van der Waals surface area (Å²) in [6, 6.07) is 0.852. The van der Waals surface area contributed by atoms with E-state index in [1.165, 1.54) is 17.7 Å². The molecule has 0 unspecified atom stereocenters. The standard InChI is InChI=1S/C19H13F6N3O2S/c20-18(21,22)9-4-10(19(23,24)25)6-11(5-9)28-14(29)7-30-16-15-12-2-1-3-13(12)31-17(15)27-8-26-16/h4-6,8H,1-3,7H2,(H,28,29). The number of halogens is 6. The van der Waals surface area contributed by atoms with Crippen LogP contribution in [0, 0.1) is 0 Å². The number of carbonyl (C=O) groups is 1. The third kappa shape index (κ3) is 4.43. The first-order valence-electron chi connectivity index (χ1n) is 9.00. The minimum atomic E-state index is -5.01.